The fraction of sp³-hybridized carbons (Fsp3) is 0.261. The molecule has 168 valence electrons. The second-order valence-electron chi connectivity index (χ2n) is 7.90. The van der Waals surface area contributed by atoms with Crippen molar-refractivity contribution in [3.8, 4) is 11.4 Å². The van der Waals surface area contributed by atoms with Crippen LogP contribution in [0.1, 0.15) is 22.8 Å². The lowest BCUT2D eigenvalue weighted by Crippen LogP contribution is -2.52. The van der Waals surface area contributed by atoms with Gasteiger partial charge in [-0.2, -0.15) is 25.2 Å². The van der Waals surface area contributed by atoms with E-state index in [1.165, 1.54) is 4.80 Å². The molecular weight excluding hydrogens is 442 g/mol. The Morgan fingerprint density at radius 2 is 1.73 bits per heavy atom. The van der Waals surface area contributed by atoms with E-state index in [1.807, 2.05) is 36.1 Å². The zero-order chi connectivity index (χ0) is 22.8. The number of hydrogen-bond acceptors (Lipinski definition) is 6. The standard InChI is InChI=1S/C23H22ClN7O2/c1-16-14-29(23(32)20-6-3-7-21(24)22(20)31-27-10-11-28-31)19(15-33-16)13-17-4-2-5-18(12-17)30-25-8-9-26-30/h2-12,16,19H,13-15H2,1H3/t16-,19-/m1/s1. The van der Waals surface area contributed by atoms with Gasteiger partial charge in [0.2, 0.25) is 0 Å². The molecule has 1 fully saturated rings. The molecule has 1 aliphatic heterocycles. The molecule has 4 aromatic rings. The molecule has 1 saturated heterocycles. The van der Waals surface area contributed by atoms with Gasteiger partial charge in [-0.3, -0.25) is 4.79 Å². The number of aromatic nitrogens is 6. The van der Waals surface area contributed by atoms with E-state index in [2.05, 4.69) is 20.4 Å². The van der Waals surface area contributed by atoms with Gasteiger partial charge in [0.25, 0.3) is 5.91 Å². The van der Waals surface area contributed by atoms with Gasteiger partial charge in [0.05, 0.1) is 59.8 Å². The summed E-state index contributed by atoms with van der Waals surface area (Å²) in [5, 5.41) is 17.2. The smallest absolute Gasteiger partial charge is 0.256 e. The quantitative estimate of drug-likeness (QED) is 0.452. The molecule has 1 amide bonds. The second-order valence-corrected chi connectivity index (χ2v) is 8.31. The molecule has 3 heterocycles. The molecular formula is C23H22ClN7O2. The van der Waals surface area contributed by atoms with Crippen LogP contribution in [0.15, 0.2) is 67.3 Å². The van der Waals surface area contributed by atoms with E-state index < -0.39 is 0 Å². The topological polar surface area (TPSA) is 91.0 Å². The third kappa shape index (κ3) is 4.37. The van der Waals surface area contributed by atoms with Gasteiger partial charge >= 0.3 is 0 Å². The number of carbonyl (C=O) groups excluding carboxylic acids is 1. The van der Waals surface area contributed by atoms with Crippen LogP contribution in [0.2, 0.25) is 5.02 Å². The molecule has 0 saturated carbocycles. The van der Waals surface area contributed by atoms with E-state index in [0.717, 1.165) is 11.3 Å². The maximum atomic E-state index is 13.8. The monoisotopic (exact) mass is 463 g/mol. The Morgan fingerprint density at radius 1 is 1.03 bits per heavy atom. The van der Waals surface area contributed by atoms with Crippen molar-refractivity contribution >= 4 is 17.5 Å². The second kappa shape index (κ2) is 9.13. The van der Waals surface area contributed by atoms with Gasteiger partial charge in [0, 0.05) is 6.54 Å². The zero-order valence-corrected chi connectivity index (χ0v) is 18.7. The Kier molecular flexibility index (Phi) is 5.89. The van der Waals surface area contributed by atoms with Crippen molar-refractivity contribution in [2.75, 3.05) is 13.2 Å². The number of amides is 1. The molecule has 5 rings (SSSR count). The van der Waals surface area contributed by atoms with Crippen LogP contribution in [-0.2, 0) is 11.2 Å². The van der Waals surface area contributed by atoms with Crippen molar-refractivity contribution < 1.29 is 9.53 Å². The highest BCUT2D eigenvalue weighted by atomic mass is 35.5. The van der Waals surface area contributed by atoms with Gasteiger partial charge in [-0.25, -0.2) is 0 Å². The fourth-order valence-electron chi connectivity index (χ4n) is 4.07. The summed E-state index contributed by atoms with van der Waals surface area (Å²) < 4.78 is 5.93. The molecule has 2 aromatic heterocycles. The Morgan fingerprint density at radius 3 is 2.48 bits per heavy atom. The third-order valence-corrected chi connectivity index (χ3v) is 5.90. The van der Waals surface area contributed by atoms with E-state index in [0.29, 0.717) is 35.8 Å². The number of nitrogens with zero attached hydrogens (tertiary/aromatic N) is 7. The number of para-hydroxylation sites is 1. The maximum absolute atomic E-state index is 13.8. The summed E-state index contributed by atoms with van der Waals surface area (Å²) in [5.74, 6) is -0.130. The van der Waals surface area contributed by atoms with Gasteiger partial charge in [0.15, 0.2) is 0 Å². The SMILES string of the molecule is C[C@@H]1CN(C(=O)c2cccc(Cl)c2-n2nccn2)[C@H](Cc2cccc(-n3nccn3)c2)CO1. The van der Waals surface area contributed by atoms with E-state index >= 15 is 0 Å². The first kappa shape index (κ1) is 21.3. The van der Waals surface area contributed by atoms with Crippen LogP contribution in [0.4, 0.5) is 0 Å². The molecule has 0 N–H and O–H groups in total. The Balaban J connectivity index is 1.45. The maximum Gasteiger partial charge on any atom is 0.256 e. The van der Waals surface area contributed by atoms with Gasteiger partial charge in [-0.1, -0.05) is 29.8 Å². The van der Waals surface area contributed by atoms with Crippen LogP contribution in [-0.4, -0.2) is 66.1 Å². The number of rotatable bonds is 5. The lowest BCUT2D eigenvalue weighted by atomic mass is 10.0. The molecule has 2 aromatic carbocycles. The summed E-state index contributed by atoms with van der Waals surface area (Å²) in [4.78, 5) is 18.6. The van der Waals surface area contributed by atoms with E-state index in [1.54, 1.807) is 47.8 Å². The normalized spacial score (nSPS) is 18.4. The highest BCUT2D eigenvalue weighted by molar-refractivity contribution is 6.33. The number of ether oxygens (including phenoxy) is 1. The molecule has 0 aliphatic carbocycles. The van der Waals surface area contributed by atoms with Crippen LogP contribution in [0.25, 0.3) is 11.4 Å². The first-order valence-corrected chi connectivity index (χ1v) is 11.0. The van der Waals surface area contributed by atoms with Crippen molar-refractivity contribution in [2.45, 2.75) is 25.5 Å². The molecule has 0 spiro atoms. The molecule has 2 atom stereocenters. The van der Waals surface area contributed by atoms with E-state index in [-0.39, 0.29) is 18.1 Å². The number of halogens is 1. The first-order valence-electron chi connectivity index (χ1n) is 10.6. The zero-order valence-electron chi connectivity index (χ0n) is 18.0. The van der Waals surface area contributed by atoms with Crippen LogP contribution >= 0.6 is 11.6 Å². The average molecular weight is 464 g/mol. The average Bonchev–Trinajstić information content (AvgIpc) is 3.54. The van der Waals surface area contributed by atoms with Crippen LogP contribution < -0.4 is 0 Å². The lowest BCUT2D eigenvalue weighted by molar-refractivity contribution is -0.0434. The highest BCUT2D eigenvalue weighted by Gasteiger charge is 2.33. The molecule has 10 heteroatoms. The largest absolute Gasteiger partial charge is 0.375 e. The van der Waals surface area contributed by atoms with Crippen molar-refractivity contribution in [2.24, 2.45) is 0 Å². The van der Waals surface area contributed by atoms with Gasteiger partial charge in [-0.15, -0.1) is 4.80 Å². The summed E-state index contributed by atoms with van der Waals surface area (Å²) >= 11 is 6.45. The van der Waals surface area contributed by atoms with Crippen LogP contribution in [0, 0.1) is 0 Å². The number of benzene rings is 2. The predicted octanol–water partition coefficient (Wildman–Crippen LogP) is 2.97. The Bertz CT molecular complexity index is 1240. The van der Waals surface area contributed by atoms with Crippen molar-refractivity contribution in [1.82, 2.24) is 34.9 Å². The summed E-state index contributed by atoms with van der Waals surface area (Å²) in [7, 11) is 0. The number of hydrogen-bond donors (Lipinski definition) is 0. The molecule has 1 aliphatic rings. The Hall–Kier alpha value is -3.56. The van der Waals surface area contributed by atoms with Crippen molar-refractivity contribution in [1.29, 1.82) is 0 Å². The fourth-order valence-corrected chi connectivity index (χ4v) is 4.32. The van der Waals surface area contributed by atoms with E-state index in [4.69, 9.17) is 16.3 Å². The first-order chi connectivity index (χ1) is 16.1. The van der Waals surface area contributed by atoms with Gasteiger partial charge in [0.1, 0.15) is 5.69 Å². The van der Waals surface area contributed by atoms with E-state index in [9.17, 15) is 4.79 Å². The third-order valence-electron chi connectivity index (χ3n) is 5.60. The summed E-state index contributed by atoms with van der Waals surface area (Å²) in [5.41, 5.74) is 2.85. The highest BCUT2D eigenvalue weighted by Crippen LogP contribution is 2.27. The minimum Gasteiger partial charge on any atom is -0.375 e. The molecule has 0 unspecified atom stereocenters. The van der Waals surface area contributed by atoms with Gasteiger partial charge in [-0.05, 0) is 43.2 Å². The Labute approximate surface area is 195 Å². The van der Waals surface area contributed by atoms with Crippen LogP contribution in [0.3, 0.4) is 0 Å². The molecule has 33 heavy (non-hydrogen) atoms. The van der Waals surface area contributed by atoms with Gasteiger partial charge < -0.3 is 9.64 Å². The minimum atomic E-state index is -0.146. The summed E-state index contributed by atoms with van der Waals surface area (Å²) in [6.07, 6.45) is 6.94. The van der Waals surface area contributed by atoms with Crippen molar-refractivity contribution in [3.63, 3.8) is 0 Å². The molecule has 0 radical (unpaired) electrons. The number of carbonyl (C=O) groups is 1. The molecule has 9 nitrogen and oxygen atoms in total. The van der Waals surface area contributed by atoms with Crippen molar-refractivity contribution in [3.05, 3.63) is 83.4 Å². The van der Waals surface area contributed by atoms with Crippen LogP contribution in [0.5, 0.6) is 0 Å². The minimum absolute atomic E-state index is 0.0738. The lowest BCUT2D eigenvalue weighted by Gasteiger charge is -2.39. The predicted molar refractivity (Wildman–Crippen MR) is 122 cm³/mol. The number of morpholine rings is 1. The summed E-state index contributed by atoms with van der Waals surface area (Å²) in [6.45, 7) is 2.88. The molecule has 0 bridgehead atoms. The summed E-state index contributed by atoms with van der Waals surface area (Å²) in [6, 6.07) is 13.1.